The van der Waals surface area contributed by atoms with Crippen LogP contribution in [0, 0.1) is 0 Å². The number of pyridine rings is 2. The maximum Gasteiger partial charge on any atom is 0.214 e. The van der Waals surface area contributed by atoms with Crippen LogP contribution in [0.2, 0.25) is 0 Å². The molecule has 17 heavy (non-hydrogen) atoms. The highest BCUT2D eigenvalue weighted by Gasteiger charge is 1.97. The molecule has 0 fully saturated rings. The molecule has 4 heteroatoms. The average molecular weight is 229 g/mol. The first-order chi connectivity index (χ1) is 8.38. The quantitative estimate of drug-likeness (QED) is 0.853. The minimum absolute atomic E-state index is 0.622. The van der Waals surface area contributed by atoms with Crippen molar-refractivity contribution in [2.24, 2.45) is 0 Å². The third kappa shape index (κ3) is 3.45. The van der Waals surface area contributed by atoms with E-state index >= 15 is 0 Å². The first-order valence-corrected chi connectivity index (χ1v) is 5.52. The molecule has 0 radical (unpaired) electrons. The van der Waals surface area contributed by atoms with E-state index in [2.05, 4.69) is 21.4 Å². The zero-order valence-electron chi connectivity index (χ0n) is 9.76. The van der Waals surface area contributed by atoms with Crippen LogP contribution in [0.1, 0.15) is 5.56 Å². The minimum Gasteiger partial charge on any atom is -0.481 e. The van der Waals surface area contributed by atoms with Gasteiger partial charge in [-0.05, 0) is 24.1 Å². The van der Waals surface area contributed by atoms with Crippen molar-refractivity contribution >= 4 is 5.82 Å². The van der Waals surface area contributed by atoms with E-state index in [1.807, 2.05) is 30.5 Å². The predicted octanol–water partition coefficient (Wildman–Crippen LogP) is 2.14. The van der Waals surface area contributed by atoms with Crippen LogP contribution < -0.4 is 10.1 Å². The molecule has 2 heterocycles. The molecule has 0 spiro atoms. The Hall–Kier alpha value is -2.10. The maximum atomic E-state index is 5.06. The largest absolute Gasteiger partial charge is 0.481 e. The summed E-state index contributed by atoms with van der Waals surface area (Å²) in [6, 6.07) is 9.67. The number of nitrogens with zero attached hydrogens (tertiary/aromatic N) is 2. The van der Waals surface area contributed by atoms with E-state index in [-0.39, 0.29) is 0 Å². The van der Waals surface area contributed by atoms with Gasteiger partial charge in [0.05, 0.1) is 7.11 Å². The van der Waals surface area contributed by atoms with Gasteiger partial charge in [0.1, 0.15) is 5.82 Å². The topological polar surface area (TPSA) is 47.0 Å². The summed E-state index contributed by atoms with van der Waals surface area (Å²) < 4.78 is 5.06. The fourth-order valence-corrected chi connectivity index (χ4v) is 1.51. The molecule has 2 aromatic rings. The lowest BCUT2D eigenvalue weighted by Gasteiger charge is -2.06. The molecule has 0 aromatic carbocycles. The van der Waals surface area contributed by atoms with Crippen LogP contribution in [0.5, 0.6) is 5.88 Å². The van der Waals surface area contributed by atoms with Crippen molar-refractivity contribution in [1.29, 1.82) is 0 Å². The summed E-state index contributed by atoms with van der Waals surface area (Å²) in [6.07, 6.45) is 4.58. The second-order valence-corrected chi connectivity index (χ2v) is 3.60. The monoisotopic (exact) mass is 229 g/mol. The van der Waals surface area contributed by atoms with E-state index in [4.69, 9.17) is 4.74 Å². The first-order valence-electron chi connectivity index (χ1n) is 5.52. The molecule has 2 aromatic heterocycles. The highest BCUT2D eigenvalue weighted by Crippen LogP contribution is 2.10. The first kappa shape index (κ1) is 11.4. The van der Waals surface area contributed by atoms with Crippen LogP contribution in [-0.4, -0.2) is 23.6 Å². The van der Waals surface area contributed by atoms with E-state index < -0.39 is 0 Å². The zero-order valence-corrected chi connectivity index (χ0v) is 9.76. The predicted molar refractivity (Wildman–Crippen MR) is 67.2 cm³/mol. The molecule has 0 atom stereocenters. The molecule has 0 aliphatic heterocycles. The Kier molecular flexibility index (Phi) is 3.91. The maximum absolute atomic E-state index is 5.06. The lowest BCUT2D eigenvalue weighted by molar-refractivity contribution is 0.398. The molecule has 2 rings (SSSR count). The molecule has 1 N–H and O–H groups in total. The Bertz CT molecular complexity index is 459. The van der Waals surface area contributed by atoms with Crippen LogP contribution in [0.25, 0.3) is 0 Å². The van der Waals surface area contributed by atoms with Gasteiger partial charge in [-0.15, -0.1) is 0 Å². The van der Waals surface area contributed by atoms with Crippen LogP contribution in [0.15, 0.2) is 42.7 Å². The number of hydrogen-bond acceptors (Lipinski definition) is 4. The van der Waals surface area contributed by atoms with Gasteiger partial charge in [-0.25, -0.2) is 0 Å². The number of nitrogens with one attached hydrogen (secondary N) is 1. The van der Waals surface area contributed by atoms with Gasteiger partial charge in [0, 0.05) is 25.0 Å². The molecule has 4 nitrogen and oxygen atoms in total. The Morgan fingerprint density at radius 2 is 2.18 bits per heavy atom. The third-order valence-corrected chi connectivity index (χ3v) is 2.38. The van der Waals surface area contributed by atoms with Crippen LogP contribution >= 0.6 is 0 Å². The molecule has 0 aliphatic carbocycles. The van der Waals surface area contributed by atoms with Crippen LogP contribution in [-0.2, 0) is 6.42 Å². The van der Waals surface area contributed by atoms with E-state index in [0.717, 1.165) is 18.8 Å². The van der Waals surface area contributed by atoms with Crippen molar-refractivity contribution in [3.8, 4) is 5.88 Å². The summed E-state index contributed by atoms with van der Waals surface area (Å²) >= 11 is 0. The minimum atomic E-state index is 0.622. The van der Waals surface area contributed by atoms with E-state index in [1.165, 1.54) is 5.56 Å². The molecule has 0 bridgehead atoms. The Morgan fingerprint density at radius 1 is 1.24 bits per heavy atom. The fourth-order valence-electron chi connectivity index (χ4n) is 1.51. The van der Waals surface area contributed by atoms with E-state index in [9.17, 15) is 0 Å². The van der Waals surface area contributed by atoms with E-state index in [1.54, 1.807) is 13.3 Å². The summed E-state index contributed by atoms with van der Waals surface area (Å²) in [5.74, 6) is 1.45. The summed E-state index contributed by atoms with van der Waals surface area (Å²) in [7, 11) is 1.61. The Labute approximate surface area is 101 Å². The number of aromatic nitrogens is 2. The Balaban J connectivity index is 1.86. The van der Waals surface area contributed by atoms with Gasteiger partial charge < -0.3 is 10.1 Å². The van der Waals surface area contributed by atoms with Gasteiger partial charge in [0.25, 0.3) is 0 Å². The van der Waals surface area contributed by atoms with Crippen molar-refractivity contribution in [1.82, 2.24) is 9.97 Å². The molecule has 0 saturated carbocycles. The van der Waals surface area contributed by atoms with Gasteiger partial charge >= 0.3 is 0 Å². The van der Waals surface area contributed by atoms with Crippen molar-refractivity contribution in [3.05, 3.63) is 48.3 Å². The van der Waals surface area contributed by atoms with Gasteiger partial charge in [-0.3, -0.25) is 4.98 Å². The zero-order chi connectivity index (χ0) is 11.9. The highest BCUT2D eigenvalue weighted by molar-refractivity contribution is 5.37. The summed E-state index contributed by atoms with van der Waals surface area (Å²) in [5, 5.41) is 3.25. The second kappa shape index (κ2) is 5.84. The van der Waals surface area contributed by atoms with E-state index in [0.29, 0.717) is 5.88 Å². The molecule has 0 unspecified atom stereocenters. The lowest BCUT2D eigenvalue weighted by Crippen LogP contribution is -2.06. The smallest absolute Gasteiger partial charge is 0.214 e. The van der Waals surface area contributed by atoms with Gasteiger partial charge in [-0.2, -0.15) is 4.98 Å². The fraction of sp³-hybridized carbons (Fsp3) is 0.231. The van der Waals surface area contributed by atoms with Crippen molar-refractivity contribution in [3.63, 3.8) is 0 Å². The summed E-state index contributed by atoms with van der Waals surface area (Å²) in [6.45, 7) is 0.825. The number of anilines is 1. The number of hydrogen-bond donors (Lipinski definition) is 1. The van der Waals surface area contributed by atoms with Crippen molar-refractivity contribution < 1.29 is 4.74 Å². The third-order valence-electron chi connectivity index (χ3n) is 2.38. The molecule has 88 valence electrons. The molecule has 0 saturated heterocycles. The van der Waals surface area contributed by atoms with Crippen molar-refractivity contribution in [2.45, 2.75) is 6.42 Å². The molecule has 0 aliphatic rings. The number of ether oxygens (including phenoxy) is 1. The van der Waals surface area contributed by atoms with Crippen LogP contribution in [0.3, 0.4) is 0 Å². The molecule has 0 amide bonds. The van der Waals surface area contributed by atoms with Crippen LogP contribution in [0.4, 0.5) is 5.82 Å². The summed E-state index contributed by atoms with van der Waals surface area (Å²) in [4.78, 5) is 8.35. The normalized spacial score (nSPS) is 9.94. The molecular weight excluding hydrogens is 214 g/mol. The van der Waals surface area contributed by atoms with Gasteiger partial charge in [0.2, 0.25) is 5.88 Å². The number of rotatable bonds is 5. The van der Waals surface area contributed by atoms with Gasteiger partial charge in [-0.1, -0.05) is 12.1 Å². The number of methoxy groups -OCH3 is 1. The Morgan fingerprint density at radius 3 is 2.94 bits per heavy atom. The standard InChI is InChI=1S/C13H15N3O/c1-17-13-6-2-5-12(16-13)15-9-7-11-4-3-8-14-10-11/h2-6,8,10H,7,9H2,1H3,(H,15,16). The summed E-state index contributed by atoms with van der Waals surface area (Å²) in [5.41, 5.74) is 1.21. The highest BCUT2D eigenvalue weighted by atomic mass is 16.5. The van der Waals surface area contributed by atoms with Crippen molar-refractivity contribution in [2.75, 3.05) is 19.0 Å². The second-order valence-electron chi connectivity index (χ2n) is 3.60. The average Bonchev–Trinajstić information content (AvgIpc) is 2.40. The van der Waals surface area contributed by atoms with Gasteiger partial charge in [0.15, 0.2) is 0 Å². The lowest BCUT2D eigenvalue weighted by atomic mass is 10.2. The molecular formula is C13H15N3O. The SMILES string of the molecule is COc1cccc(NCCc2cccnc2)n1.